The van der Waals surface area contributed by atoms with Gasteiger partial charge in [-0.1, -0.05) is 35.3 Å². The predicted octanol–water partition coefficient (Wildman–Crippen LogP) is 3.24. The molecule has 0 heterocycles. The van der Waals surface area contributed by atoms with E-state index in [1.165, 1.54) is 6.08 Å². The second-order valence-electron chi connectivity index (χ2n) is 2.24. The number of hydrogen-bond acceptors (Lipinski definition) is 2. The first-order valence-electron chi connectivity index (χ1n) is 3.37. The highest BCUT2D eigenvalue weighted by atomic mass is 35.5. The molecule has 0 unspecified atom stereocenters. The van der Waals surface area contributed by atoms with Crippen LogP contribution in [0.4, 0.5) is 0 Å². The number of nitrogens with zero attached hydrogens (tertiary/aromatic N) is 1. The minimum absolute atomic E-state index is 0.322. The van der Waals surface area contributed by atoms with Crippen LogP contribution in [-0.4, -0.2) is 4.92 Å². The van der Waals surface area contributed by atoms with E-state index in [0.717, 1.165) is 6.20 Å². The molecular weight excluding hydrogens is 213 g/mol. The van der Waals surface area contributed by atoms with Gasteiger partial charge in [0.25, 0.3) is 0 Å². The highest BCUT2D eigenvalue weighted by Crippen LogP contribution is 2.26. The van der Waals surface area contributed by atoms with Crippen molar-refractivity contribution in [3.8, 4) is 0 Å². The molecule has 0 atom stereocenters. The van der Waals surface area contributed by atoms with Gasteiger partial charge in [-0.15, -0.1) is 0 Å². The maximum absolute atomic E-state index is 10.0. The molecule has 1 aromatic carbocycles. The minimum Gasteiger partial charge on any atom is -0.259 e. The van der Waals surface area contributed by atoms with Crippen LogP contribution in [0.15, 0.2) is 24.4 Å². The van der Waals surface area contributed by atoms with Crippen LogP contribution in [-0.2, 0) is 0 Å². The van der Waals surface area contributed by atoms with Crippen LogP contribution in [0.5, 0.6) is 0 Å². The third kappa shape index (κ3) is 2.72. The van der Waals surface area contributed by atoms with Gasteiger partial charge in [0, 0.05) is 11.6 Å². The molecule has 1 aromatic rings. The summed E-state index contributed by atoms with van der Waals surface area (Å²) in [5, 5.41) is 10.7. The Morgan fingerprint density at radius 1 is 1.38 bits per heavy atom. The van der Waals surface area contributed by atoms with Gasteiger partial charge >= 0.3 is 0 Å². The van der Waals surface area contributed by atoms with Gasteiger partial charge in [-0.3, -0.25) is 10.1 Å². The molecule has 0 spiro atoms. The zero-order chi connectivity index (χ0) is 9.84. The zero-order valence-corrected chi connectivity index (χ0v) is 7.92. The molecule has 1 rings (SSSR count). The van der Waals surface area contributed by atoms with Crippen molar-refractivity contribution in [2.75, 3.05) is 0 Å². The maximum Gasteiger partial charge on any atom is 0.235 e. The number of nitro groups is 1. The topological polar surface area (TPSA) is 43.1 Å². The van der Waals surface area contributed by atoms with E-state index >= 15 is 0 Å². The quantitative estimate of drug-likeness (QED) is 0.564. The standard InChI is InChI=1S/C8H5Cl2NO2/c9-7-3-1-2-6(8(7)10)4-5-11(12)13/h1-5H. The average Bonchev–Trinajstić information content (AvgIpc) is 2.07. The Balaban J connectivity index is 3.02. The Morgan fingerprint density at radius 2 is 2.08 bits per heavy atom. The fourth-order valence-electron chi connectivity index (χ4n) is 0.790. The van der Waals surface area contributed by atoms with E-state index in [-0.39, 0.29) is 0 Å². The van der Waals surface area contributed by atoms with E-state index in [2.05, 4.69) is 0 Å². The monoisotopic (exact) mass is 217 g/mol. The predicted molar refractivity (Wildman–Crippen MR) is 52.5 cm³/mol. The second-order valence-corrected chi connectivity index (χ2v) is 3.03. The summed E-state index contributed by atoms with van der Waals surface area (Å²) in [5.41, 5.74) is 0.533. The first-order chi connectivity index (χ1) is 6.11. The number of benzene rings is 1. The van der Waals surface area contributed by atoms with E-state index in [1.54, 1.807) is 18.2 Å². The van der Waals surface area contributed by atoms with Crippen molar-refractivity contribution in [1.29, 1.82) is 0 Å². The van der Waals surface area contributed by atoms with Crippen LogP contribution in [0.2, 0.25) is 10.0 Å². The highest BCUT2D eigenvalue weighted by molar-refractivity contribution is 6.42. The third-order valence-corrected chi connectivity index (χ3v) is 2.19. The van der Waals surface area contributed by atoms with Gasteiger partial charge in [-0.25, -0.2) is 0 Å². The van der Waals surface area contributed by atoms with Crippen molar-refractivity contribution in [3.05, 3.63) is 50.1 Å². The molecule has 5 heteroatoms. The van der Waals surface area contributed by atoms with Gasteiger partial charge in [-0.2, -0.15) is 0 Å². The summed E-state index contributed by atoms with van der Waals surface area (Å²) in [5.74, 6) is 0. The lowest BCUT2D eigenvalue weighted by Crippen LogP contribution is -1.83. The second kappa shape index (κ2) is 4.25. The van der Waals surface area contributed by atoms with Crippen molar-refractivity contribution in [3.63, 3.8) is 0 Å². The molecule has 0 aromatic heterocycles. The van der Waals surface area contributed by atoms with Gasteiger partial charge in [0.1, 0.15) is 0 Å². The molecule has 13 heavy (non-hydrogen) atoms. The van der Waals surface area contributed by atoms with Gasteiger partial charge < -0.3 is 0 Å². The fourth-order valence-corrected chi connectivity index (χ4v) is 1.16. The minimum atomic E-state index is -0.558. The molecule has 0 aliphatic heterocycles. The van der Waals surface area contributed by atoms with E-state index in [9.17, 15) is 10.1 Å². The lowest BCUT2D eigenvalue weighted by Gasteiger charge is -1.97. The molecule has 0 fully saturated rings. The van der Waals surface area contributed by atoms with E-state index in [0.29, 0.717) is 15.6 Å². The lowest BCUT2D eigenvalue weighted by atomic mass is 10.2. The zero-order valence-electron chi connectivity index (χ0n) is 6.41. The highest BCUT2D eigenvalue weighted by Gasteiger charge is 2.01. The summed E-state index contributed by atoms with van der Waals surface area (Å²) in [7, 11) is 0. The van der Waals surface area contributed by atoms with Gasteiger partial charge in [-0.05, 0) is 6.07 Å². The van der Waals surface area contributed by atoms with Crippen molar-refractivity contribution < 1.29 is 4.92 Å². The van der Waals surface area contributed by atoms with E-state index in [4.69, 9.17) is 23.2 Å². The SMILES string of the molecule is O=[N+]([O-])C=Cc1cccc(Cl)c1Cl. The summed E-state index contributed by atoms with van der Waals surface area (Å²) in [6.07, 6.45) is 2.12. The summed E-state index contributed by atoms with van der Waals surface area (Å²) in [4.78, 5) is 9.45. The first-order valence-corrected chi connectivity index (χ1v) is 4.12. The molecule has 0 bridgehead atoms. The summed E-state index contributed by atoms with van der Waals surface area (Å²) >= 11 is 11.5. The van der Waals surface area contributed by atoms with Crippen molar-refractivity contribution in [2.45, 2.75) is 0 Å². The van der Waals surface area contributed by atoms with Gasteiger partial charge in [0.05, 0.1) is 15.0 Å². The normalized spacial score (nSPS) is 10.6. The van der Waals surface area contributed by atoms with Gasteiger partial charge in [0.15, 0.2) is 0 Å². The molecule has 0 saturated heterocycles. The molecule has 68 valence electrons. The summed E-state index contributed by atoms with van der Waals surface area (Å²) in [6.45, 7) is 0. The molecule has 3 nitrogen and oxygen atoms in total. The van der Waals surface area contributed by atoms with E-state index < -0.39 is 4.92 Å². The average molecular weight is 218 g/mol. The number of rotatable bonds is 2. The smallest absolute Gasteiger partial charge is 0.235 e. The molecule has 0 N–H and O–H groups in total. The van der Waals surface area contributed by atoms with Crippen molar-refractivity contribution >= 4 is 29.3 Å². The Labute approximate surface area is 84.7 Å². The van der Waals surface area contributed by atoms with Crippen LogP contribution in [0, 0.1) is 10.1 Å². The Morgan fingerprint density at radius 3 is 2.69 bits per heavy atom. The molecular formula is C8H5Cl2NO2. The van der Waals surface area contributed by atoms with Crippen LogP contribution >= 0.6 is 23.2 Å². The molecule has 0 saturated carbocycles. The first kappa shape index (κ1) is 10.0. The third-order valence-electron chi connectivity index (χ3n) is 1.36. The largest absolute Gasteiger partial charge is 0.259 e. The molecule has 0 radical (unpaired) electrons. The Bertz CT molecular complexity index is 363. The molecule has 0 amide bonds. The number of halogens is 2. The van der Waals surface area contributed by atoms with Gasteiger partial charge in [0.2, 0.25) is 6.20 Å². The number of hydrogen-bond donors (Lipinski definition) is 0. The molecule has 0 aliphatic rings. The Kier molecular flexibility index (Phi) is 3.28. The van der Waals surface area contributed by atoms with Crippen LogP contribution in [0.1, 0.15) is 5.56 Å². The van der Waals surface area contributed by atoms with Crippen LogP contribution < -0.4 is 0 Å². The van der Waals surface area contributed by atoms with Crippen LogP contribution in [0.25, 0.3) is 6.08 Å². The van der Waals surface area contributed by atoms with Crippen molar-refractivity contribution in [1.82, 2.24) is 0 Å². The summed E-state index contributed by atoms with van der Waals surface area (Å²) in [6, 6.07) is 4.94. The maximum atomic E-state index is 10.0. The van der Waals surface area contributed by atoms with E-state index in [1.807, 2.05) is 0 Å². The summed E-state index contributed by atoms with van der Waals surface area (Å²) < 4.78 is 0. The van der Waals surface area contributed by atoms with Crippen molar-refractivity contribution in [2.24, 2.45) is 0 Å². The Hall–Kier alpha value is -1.06. The molecule has 0 aliphatic carbocycles. The lowest BCUT2D eigenvalue weighted by molar-refractivity contribution is -0.400. The van der Waals surface area contributed by atoms with Crippen LogP contribution in [0.3, 0.4) is 0 Å². The fraction of sp³-hybridized carbons (Fsp3) is 0.